The van der Waals surface area contributed by atoms with Gasteiger partial charge in [-0.15, -0.1) is 0 Å². The highest BCUT2D eigenvalue weighted by atomic mass is 16.5. The van der Waals surface area contributed by atoms with Crippen molar-refractivity contribution in [3.05, 3.63) is 6.92 Å². The third-order valence-corrected chi connectivity index (χ3v) is 4.24. The quantitative estimate of drug-likeness (QED) is 0.286. The van der Waals surface area contributed by atoms with Gasteiger partial charge in [0.1, 0.15) is 0 Å². The molecule has 20 heavy (non-hydrogen) atoms. The molecule has 0 aromatic carbocycles. The van der Waals surface area contributed by atoms with Crippen LogP contribution >= 0.6 is 0 Å². The van der Waals surface area contributed by atoms with Crippen LogP contribution in [-0.2, 0) is 4.74 Å². The van der Waals surface area contributed by atoms with Crippen molar-refractivity contribution in [2.24, 2.45) is 0 Å². The van der Waals surface area contributed by atoms with Crippen molar-refractivity contribution in [1.82, 2.24) is 0 Å². The van der Waals surface area contributed by atoms with Crippen molar-refractivity contribution in [2.75, 3.05) is 7.11 Å². The van der Waals surface area contributed by atoms with E-state index in [0.717, 1.165) is 6.42 Å². The van der Waals surface area contributed by atoms with Gasteiger partial charge < -0.3 is 4.74 Å². The summed E-state index contributed by atoms with van der Waals surface area (Å²) in [5, 5.41) is 0. The minimum Gasteiger partial charge on any atom is -0.381 e. The van der Waals surface area contributed by atoms with Crippen molar-refractivity contribution in [1.29, 1.82) is 0 Å². The second-order valence-corrected chi connectivity index (χ2v) is 6.18. The lowest BCUT2D eigenvalue weighted by Crippen LogP contribution is -2.10. The molecular weight excluding hydrogens is 244 g/mol. The molecule has 1 unspecified atom stereocenters. The van der Waals surface area contributed by atoms with Crippen LogP contribution in [0, 0.1) is 6.92 Å². The van der Waals surface area contributed by atoms with Crippen molar-refractivity contribution in [2.45, 2.75) is 109 Å². The van der Waals surface area contributed by atoms with Gasteiger partial charge in [-0.2, -0.15) is 0 Å². The molecule has 0 fully saturated rings. The molecule has 0 aliphatic carbocycles. The maximum absolute atomic E-state index is 5.60. The molecule has 1 heteroatoms. The van der Waals surface area contributed by atoms with Gasteiger partial charge in [-0.1, -0.05) is 97.3 Å². The molecule has 121 valence electrons. The Morgan fingerprint density at radius 3 is 1.60 bits per heavy atom. The van der Waals surface area contributed by atoms with Crippen LogP contribution in [0.4, 0.5) is 0 Å². The van der Waals surface area contributed by atoms with E-state index >= 15 is 0 Å². The number of methoxy groups -OCH3 is 1. The van der Waals surface area contributed by atoms with Crippen LogP contribution in [0.3, 0.4) is 0 Å². The third kappa shape index (κ3) is 14.4. The van der Waals surface area contributed by atoms with E-state index in [1.165, 1.54) is 89.9 Å². The van der Waals surface area contributed by atoms with Gasteiger partial charge in [-0.05, 0) is 12.8 Å². The predicted octanol–water partition coefficient (Wildman–Crippen LogP) is 6.71. The molecule has 0 heterocycles. The fraction of sp³-hybridized carbons (Fsp3) is 0.947. The number of ether oxygens (including phenoxy) is 1. The Labute approximate surface area is 128 Å². The molecule has 0 amide bonds. The van der Waals surface area contributed by atoms with Gasteiger partial charge in [0.25, 0.3) is 0 Å². The first-order chi connectivity index (χ1) is 9.85. The molecule has 0 aliphatic heterocycles. The van der Waals surface area contributed by atoms with Crippen LogP contribution in [0.2, 0.25) is 0 Å². The molecule has 1 radical (unpaired) electrons. The van der Waals surface area contributed by atoms with Gasteiger partial charge in [0.2, 0.25) is 0 Å². The Morgan fingerprint density at radius 2 is 1.15 bits per heavy atom. The lowest BCUT2D eigenvalue weighted by atomic mass is 10.0. The maximum Gasteiger partial charge on any atom is 0.0571 e. The number of rotatable bonds is 16. The van der Waals surface area contributed by atoms with Crippen LogP contribution in [0.15, 0.2) is 0 Å². The normalized spacial score (nSPS) is 12.8. The summed E-state index contributed by atoms with van der Waals surface area (Å²) in [7, 11) is 1.88. The molecule has 1 atom stereocenters. The van der Waals surface area contributed by atoms with Crippen molar-refractivity contribution >= 4 is 0 Å². The van der Waals surface area contributed by atoms with E-state index in [1.54, 1.807) is 0 Å². The highest BCUT2D eigenvalue weighted by Crippen LogP contribution is 2.15. The standard InChI is InChI=1S/C19H39O/c1-4-6-8-10-11-12-13-14-16-18-19(20-3)17-15-9-7-5-2/h19H,1,4-18H2,2-3H3. The molecule has 0 aliphatic rings. The monoisotopic (exact) mass is 283 g/mol. The average Bonchev–Trinajstić information content (AvgIpc) is 2.47. The Hall–Kier alpha value is -0.0400. The van der Waals surface area contributed by atoms with Crippen LogP contribution < -0.4 is 0 Å². The Morgan fingerprint density at radius 1 is 0.700 bits per heavy atom. The minimum atomic E-state index is 0.518. The Bertz CT molecular complexity index is 167. The summed E-state index contributed by atoms with van der Waals surface area (Å²) in [4.78, 5) is 0. The van der Waals surface area contributed by atoms with Gasteiger partial charge in [0, 0.05) is 7.11 Å². The number of unbranched alkanes of at least 4 members (excludes halogenated alkanes) is 11. The van der Waals surface area contributed by atoms with Crippen molar-refractivity contribution < 1.29 is 4.74 Å². The predicted molar refractivity (Wildman–Crippen MR) is 91.1 cm³/mol. The van der Waals surface area contributed by atoms with Crippen LogP contribution in [0.25, 0.3) is 0 Å². The summed E-state index contributed by atoms with van der Waals surface area (Å²) in [5.41, 5.74) is 0. The molecule has 0 saturated carbocycles. The summed E-state index contributed by atoms with van der Waals surface area (Å²) in [6.45, 7) is 6.16. The zero-order valence-electron chi connectivity index (χ0n) is 14.3. The maximum atomic E-state index is 5.60. The molecule has 0 aromatic rings. The fourth-order valence-electron chi connectivity index (χ4n) is 2.79. The zero-order valence-corrected chi connectivity index (χ0v) is 14.3. The summed E-state index contributed by atoms with van der Waals surface area (Å²) in [5.74, 6) is 0. The number of hydrogen-bond acceptors (Lipinski definition) is 1. The van der Waals surface area contributed by atoms with Gasteiger partial charge in [0.05, 0.1) is 6.10 Å². The van der Waals surface area contributed by atoms with Crippen LogP contribution in [-0.4, -0.2) is 13.2 Å². The summed E-state index contributed by atoms with van der Waals surface area (Å²) >= 11 is 0. The lowest BCUT2D eigenvalue weighted by molar-refractivity contribution is 0.0832. The van der Waals surface area contributed by atoms with Crippen molar-refractivity contribution in [3.63, 3.8) is 0 Å². The van der Waals surface area contributed by atoms with Gasteiger partial charge in [-0.25, -0.2) is 0 Å². The van der Waals surface area contributed by atoms with E-state index in [-0.39, 0.29) is 0 Å². The molecule has 1 nitrogen and oxygen atoms in total. The van der Waals surface area contributed by atoms with E-state index in [0.29, 0.717) is 6.10 Å². The molecule has 0 bridgehead atoms. The second kappa shape index (κ2) is 17.0. The van der Waals surface area contributed by atoms with Gasteiger partial charge >= 0.3 is 0 Å². The summed E-state index contributed by atoms with van der Waals surface area (Å²) in [6.07, 6.45) is 20.7. The third-order valence-electron chi connectivity index (χ3n) is 4.24. The molecule has 0 rings (SSSR count). The second-order valence-electron chi connectivity index (χ2n) is 6.18. The minimum absolute atomic E-state index is 0.518. The first-order valence-corrected chi connectivity index (χ1v) is 9.17. The molecule has 0 spiro atoms. The fourth-order valence-corrected chi connectivity index (χ4v) is 2.79. The Balaban J connectivity index is 3.24. The van der Waals surface area contributed by atoms with E-state index in [9.17, 15) is 0 Å². The van der Waals surface area contributed by atoms with Crippen LogP contribution in [0.1, 0.15) is 103 Å². The molecule has 0 aromatic heterocycles. The highest BCUT2D eigenvalue weighted by Gasteiger charge is 2.06. The van der Waals surface area contributed by atoms with Crippen molar-refractivity contribution in [3.8, 4) is 0 Å². The Kier molecular flexibility index (Phi) is 17.0. The molecular formula is C19H39O. The van der Waals surface area contributed by atoms with E-state index in [2.05, 4.69) is 13.8 Å². The molecule has 0 saturated heterocycles. The average molecular weight is 284 g/mol. The summed E-state index contributed by atoms with van der Waals surface area (Å²) < 4.78 is 5.60. The largest absolute Gasteiger partial charge is 0.381 e. The van der Waals surface area contributed by atoms with Gasteiger partial charge in [-0.3, -0.25) is 0 Å². The van der Waals surface area contributed by atoms with Crippen LogP contribution in [0.5, 0.6) is 0 Å². The van der Waals surface area contributed by atoms with E-state index in [1.807, 2.05) is 7.11 Å². The topological polar surface area (TPSA) is 9.23 Å². The van der Waals surface area contributed by atoms with Gasteiger partial charge in [0.15, 0.2) is 0 Å². The first kappa shape index (κ1) is 20.0. The van der Waals surface area contributed by atoms with E-state index < -0.39 is 0 Å². The first-order valence-electron chi connectivity index (χ1n) is 9.17. The number of hydrogen-bond donors (Lipinski definition) is 0. The molecule has 0 N–H and O–H groups in total. The lowest BCUT2D eigenvalue weighted by Gasteiger charge is -2.15. The zero-order chi connectivity index (χ0) is 14.9. The highest BCUT2D eigenvalue weighted by molar-refractivity contribution is 4.59. The smallest absolute Gasteiger partial charge is 0.0571 e. The SMILES string of the molecule is [CH2]CCCCCCCCCCC(CCCCCC)OC. The van der Waals surface area contributed by atoms with E-state index in [4.69, 9.17) is 4.74 Å². The summed E-state index contributed by atoms with van der Waals surface area (Å²) in [6, 6.07) is 0.